The highest BCUT2D eigenvalue weighted by molar-refractivity contribution is 7.99. The van der Waals surface area contributed by atoms with Gasteiger partial charge in [0.2, 0.25) is 5.91 Å². The van der Waals surface area contributed by atoms with Crippen LogP contribution in [-0.4, -0.2) is 31.4 Å². The van der Waals surface area contributed by atoms with Crippen LogP contribution in [0.3, 0.4) is 0 Å². The van der Waals surface area contributed by atoms with Crippen molar-refractivity contribution in [1.29, 1.82) is 0 Å². The lowest BCUT2D eigenvalue weighted by Crippen LogP contribution is -2.25. The van der Waals surface area contributed by atoms with Crippen molar-refractivity contribution in [2.75, 3.05) is 5.75 Å². The highest BCUT2D eigenvalue weighted by Gasteiger charge is 2.16. The maximum absolute atomic E-state index is 12.3. The number of rotatable bonds is 8. The number of hydrogen-bond donors (Lipinski definition) is 1. The van der Waals surface area contributed by atoms with Crippen LogP contribution in [0.5, 0.6) is 0 Å². The van der Waals surface area contributed by atoms with Gasteiger partial charge >= 0.3 is 0 Å². The zero-order valence-corrected chi connectivity index (χ0v) is 18.2. The van der Waals surface area contributed by atoms with E-state index in [-0.39, 0.29) is 11.7 Å². The Labute approximate surface area is 189 Å². The van der Waals surface area contributed by atoms with E-state index in [2.05, 4.69) is 32.6 Å². The monoisotopic (exact) mass is 449 g/mol. The van der Waals surface area contributed by atoms with Crippen molar-refractivity contribution in [3.63, 3.8) is 0 Å². The molecule has 4 rings (SSSR count). The normalized spacial score (nSPS) is 10.7. The fraction of sp³-hybridized carbons (Fsp3) is 0.130. The van der Waals surface area contributed by atoms with Crippen molar-refractivity contribution in [2.45, 2.75) is 18.1 Å². The minimum Gasteiger partial charge on any atom is -0.350 e. The molecular weight excluding hydrogens is 430 g/mol. The molecule has 2 aromatic carbocycles. The van der Waals surface area contributed by atoms with E-state index < -0.39 is 0 Å². The molecule has 0 aliphatic carbocycles. The Bertz CT molecular complexity index is 1130. The molecule has 1 N–H and O–H groups in total. The van der Waals surface area contributed by atoms with Gasteiger partial charge in [0.05, 0.1) is 18.0 Å². The van der Waals surface area contributed by atoms with E-state index in [1.165, 1.54) is 11.8 Å². The summed E-state index contributed by atoms with van der Waals surface area (Å²) in [6.07, 6.45) is 2.34. The van der Waals surface area contributed by atoms with E-state index in [9.17, 15) is 4.79 Å². The van der Waals surface area contributed by atoms with Crippen LogP contribution in [0.25, 0.3) is 5.69 Å². The van der Waals surface area contributed by atoms with Crippen LogP contribution in [0.15, 0.2) is 84.1 Å². The molecule has 4 aromatic rings. The zero-order valence-electron chi connectivity index (χ0n) is 16.6. The Kier molecular flexibility index (Phi) is 6.96. The first-order valence-corrected chi connectivity index (χ1v) is 11.1. The number of nitrogens with zero attached hydrogens (tertiary/aromatic N) is 4. The van der Waals surface area contributed by atoms with E-state index >= 15 is 0 Å². The topological polar surface area (TPSA) is 72.7 Å². The number of pyridine rings is 1. The number of hydrogen-bond acceptors (Lipinski definition) is 5. The second-order valence-corrected chi connectivity index (χ2v) is 8.14. The molecule has 1 amide bonds. The van der Waals surface area contributed by atoms with Gasteiger partial charge in [-0.1, -0.05) is 59.8 Å². The smallest absolute Gasteiger partial charge is 0.230 e. The summed E-state index contributed by atoms with van der Waals surface area (Å²) in [5, 5.41) is 12.9. The standard InChI is InChI=1S/C23H20ClN5OS/c24-18-9-11-20(12-10-18)29-21(14-17-6-2-1-3-7-17)27-28-23(29)31-16-22(30)26-15-19-8-4-5-13-25-19/h1-13H,14-16H2,(H,26,30). The predicted octanol–water partition coefficient (Wildman–Crippen LogP) is 4.32. The van der Waals surface area contributed by atoms with Crippen LogP contribution >= 0.6 is 23.4 Å². The third kappa shape index (κ3) is 5.71. The van der Waals surface area contributed by atoms with Crippen LogP contribution in [-0.2, 0) is 17.8 Å². The third-order valence-electron chi connectivity index (χ3n) is 4.52. The van der Waals surface area contributed by atoms with Crippen LogP contribution in [0, 0.1) is 0 Å². The van der Waals surface area contributed by atoms with Crippen molar-refractivity contribution in [3.8, 4) is 5.69 Å². The van der Waals surface area contributed by atoms with Gasteiger partial charge in [-0.3, -0.25) is 14.3 Å². The van der Waals surface area contributed by atoms with E-state index in [1.54, 1.807) is 6.20 Å². The van der Waals surface area contributed by atoms with Gasteiger partial charge in [-0.05, 0) is 42.0 Å². The predicted molar refractivity (Wildman–Crippen MR) is 122 cm³/mol. The molecule has 31 heavy (non-hydrogen) atoms. The zero-order chi connectivity index (χ0) is 21.5. The van der Waals surface area contributed by atoms with Crippen LogP contribution in [0.1, 0.15) is 17.1 Å². The van der Waals surface area contributed by atoms with E-state index in [0.29, 0.717) is 23.1 Å². The molecule has 2 heterocycles. The summed E-state index contributed by atoms with van der Waals surface area (Å²) >= 11 is 7.41. The second-order valence-electron chi connectivity index (χ2n) is 6.76. The second kappa shape index (κ2) is 10.2. The average molecular weight is 450 g/mol. The Morgan fingerprint density at radius 3 is 2.48 bits per heavy atom. The first kappa shape index (κ1) is 21.1. The Morgan fingerprint density at radius 2 is 1.74 bits per heavy atom. The fourth-order valence-corrected chi connectivity index (χ4v) is 3.94. The van der Waals surface area contributed by atoms with Gasteiger partial charge in [0.25, 0.3) is 0 Å². The molecule has 0 aliphatic rings. The van der Waals surface area contributed by atoms with Gasteiger partial charge in [0, 0.05) is 23.3 Å². The maximum Gasteiger partial charge on any atom is 0.230 e. The Balaban J connectivity index is 1.50. The molecule has 0 radical (unpaired) electrons. The Morgan fingerprint density at radius 1 is 0.968 bits per heavy atom. The summed E-state index contributed by atoms with van der Waals surface area (Å²) in [6.45, 7) is 0.392. The summed E-state index contributed by atoms with van der Waals surface area (Å²) in [5.41, 5.74) is 2.85. The number of carbonyl (C=O) groups is 1. The molecule has 156 valence electrons. The van der Waals surface area contributed by atoms with Crippen molar-refractivity contribution >= 4 is 29.3 Å². The molecule has 0 spiro atoms. The highest BCUT2D eigenvalue weighted by Crippen LogP contribution is 2.24. The largest absolute Gasteiger partial charge is 0.350 e. The van der Waals surface area contributed by atoms with Crippen LogP contribution in [0.4, 0.5) is 0 Å². The molecule has 0 saturated carbocycles. The molecule has 0 atom stereocenters. The van der Waals surface area contributed by atoms with Crippen LogP contribution < -0.4 is 5.32 Å². The molecule has 0 saturated heterocycles. The van der Waals surface area contributed by atoms with Gasteiger partial charge in [-0.2, -0.15) is 0 Å². The van der Waals surface area contributed by atoms with E-state index in [1.807, 2.05) is 65.2 Å². The minimum atomic E-state index is -0.0917. The van der Waals surface area contributed by atoms with Crippen molar-refractivity contribution in [3.05, 3.63) is 101 Å². The molecular formula is C23H20ClN5OS. The SMILES string of the molecule is O=C(CSc1nnc(Cc2ccccc2)n1-c1ccc(Cl)cc1)NCc1ccccn1. The molecule has 0 bridgehead atoms. The maximum atomic E-state index is 12.3. The van der Waals surface area contributed by atoms with E-state index in [0.717, 1.165) is 22.8 Å². The van der Waals surface area contributed by atoms with Crippen molar-refractivity contribution < 1.29 is 4.79 Å². The lowest BCUT2D eigenvalue weighted by molar-refractivity contribution is -0.118. The minimum absolute atomic E-state index is 0.0917. The third-order valence-corrected chi connectivity index (χ3v) is 5.70. The van der Waals surface area contributed by atoms with Gasteiger partial charge < -0.3 is 5.32 Å². The van der Waals surface area contributed by atoms with Gasteiger partial charge in [0.15, 0.2) is 5.16 Å². The van der Waals surface area contributed by atoms with Gasteiger partial charge in [-0.15, -0.1) is 10.2 Å². The molecule has 2 aromatic heterocycles. The first-order valence-electron chi connectivity index (χ1n) is 9.72. The number of benzene rings is 2. The first-order chi connectivity index (χ1) is 15.2. The van der Waals surface area contributed by atoms with Crippen molar-refractivity contribution in [2.24, 2.45) is 0 Å². The summed E-state index contributed by atoms with van der Waals surface area (Å²) in [4.78, 5) is 16.6. The van der Waals surface area contributed by atoms with E-state index in [4.69, 9.17) is 11.6 Å². The van der Waals surface area contributed by atoms with Gasteiger partial charge in [0.1, 0.15) is 5.82 Å². The van der Waals surface area contributed by atoms with Crippen molar-refractivity contribution in [1.82, 2.24) is 25.1 Å². The number of halogens is 1. The number of amides is 1. The molecule has 0 aliphatic heterocycles. The lowest BCUT2D eigenvalue weighted by atomic mass is 10.1. The summed E-state index contributed by atoms with van der Waals surface area (Å²) < 4.78 is 1.97. The number of thioether (sulfide) groups is 1. The number of aromatic nitrogens is 4. The molecule has 6 nitrogen and oxygen atoms in total. The lowest BCUT2D eigenvalue weighted by Gasteiger charge is -2.11. The average Bonchev–Trinajstić information content (AvgIpc) is 3.20. The summed E-state index contributed by atoms with van der Waals surface area (Å²) in [7, 11) is 0. The Hall–Kier alpha value is -3.16. The molecule has 0 fully saturated rings. The molecule has 0 unspecified atom stereocenters. The summed E-state index contributed by atoms with van der Waals surface area (Å²) in [5.74, 6) is 0.931. The highest BCUT2D eigenvalue weighted by atomic mass is 35.5. The number of carbonyl (C=O) groups excluding carboxylic acids is 1. The van der Waals surface area contributed by atoms with Crippen LogP contribution in [0.2, 0.25) is 5.02 Å². The summed E-state index contributed by atoms with van der Waals surface area (Å²) in [6, 6.07) is 23.2. The number of nitrogens with one attached hydrogen (secondary N) is 1. The quantitative estimate of drug-likeness (QED) is 0.406. The van der Waals surface area contributed by atoms with Gasteiger partial charge in [-0.25, -0.2) is 0 Å². The fourth-order valence-electron chi connectivity index (χ4n) is 3.01. The molecule has 8 heteroatoms.